The van der Waals surface area contributed by atoms with E-state index in [-0.39, 0.29) is 23.0 Å². The number of rotatable bonds is 6. The number of ether oxygens (including phenoxy) is 1. The minimum Gasteiger partial charge on any atom is -0.373 e. The second-order valence-electron chi connectivity index (χ2n) is 6.51. The molecule has 0 spiro atoms. The van der Waals surface area contributed by atoms with Gasteiger partial charge < -0.3 is 4.74 Å². The summed E-state index contributed by atoms with van der Waals surface area (Å²) < 4.78 is 5.85. The lowest BCUT2D eigenvalue weighted by Crippen LogP contribution is -2.39. The maximum atomic E-state index is 12.1. The van der Waals surface area contributed by atoms with Gasteiger partial charge >= 0.3 is 0 Å². The molecule has 0 aliphatic carbocycles. The Balaban J connectivity index is 4.63. The zero-order chi connectivity index (χ0) is 13.1. The zero-order valence-electron chi connectivity index (χ0n) is 12.2. The molecule has 16 heavy (non-hydrogen) atoms. The molecule has 0 heterocycles. The average molecular weight is 228 g/mol. The quantitative estimate of drug-likeness (QED) is 0.690. The fourth-order valence-corrected chi connectivity index (χ4v) is 2.61. The molecule has 0 N–H and O–H groups in total. The van der Waals surface area contributed by atoms with Crippen molar-refractivity contribution in [2.75, 3.05) is 0 Å². The van der Waals surface area contributed by atoms with Crippen molar-refractivity contribution in [1.82, 2.24) is 0 Å². The molecule has 0 atom stereocenters. The predicted molar refractivity (Wildman–Crippen MR) is 68.5 cm³/mol. The van der Waals surface area contributed by atoms with E-state index in [9.17, 15) is 4.79 Å². The summed E-state index contributed by atoms with van der Waals surface area (Å²) in [5.41, 5.74) is -0.561. The molecule has 0 rings (SSSR count). The highest BCUT2D eigenvalue weighted by Gasteiger charge is 2.36. The molecule has 0 amide bonds. The highest BCUT2D eigenvalue weighted by atomic mass is 16.5. The van der Waals surface area contributed by atoms with E-state index < -0.39 is 0 Å². The third-order valence-electron chi connectivity index (χ3n) is 2.61. The first-order valence-corrected chi connectivity index (χ1v) is 6.20. The minimum absolute atomic E-state index is 0.0878. The van der Waals surface area contributed by atoms with Gasteiger partial charge in [0.05, 0.1) is 11.7 Å². The minimum atomic E-state index is -0.313. The summed E-state index contributed by atoms with van der Waals surface area (Å²) >= 11 is 0. The van der Waals surface area contributed by atoms with Crippen LogP contribution in [-0.2, 0) is 9.53 Å². The van der Waals surface area contributed by atoms with Crippen LogP contribution in [0.1, 0.15) is 61.8 Å². The van der Waals surface area contributed by atoms with Crippen LogP contribution in [0, 0.1) is 11.3 Å². The number of Topliss-reactive ketones (excluding diaryl/α,β-unsaturated/α-hetero) is 1. The van der Waals surface area contributed by atoms with E-state index in [0.717, 1.165) is 6.42 Å². The summed E-state index contributed by atoms with van der Waals surface area (Å²) in [6.07, 6.45) is 0.954. The Morgan fingerprint density at radius 3 is 1.81 bits per heavy atom. The van der Waals surface area contributed by atoms with Crippen molar-refractivity contribution in [1.29, 1.82) is 0 Å². The van der Waals surface area contributed by atoms with E-state index in [1.54, 1.807) is 0 Å². The first-order valence-electron chi connectivity index (χ1n) is 6.20. The Labute approximate surface area is 101 Å². The van der Waals surface area contributed by atoms with Crippen LogP contribution < -0.4 is 0 Å². The molecule has 0 radical (unpaired) electrons. The normalized spacial score (nSPS) is 13.6. The van der Waals surface area contributed by atoms with Gasteiger partial charge in [0.1, 0.15) is 5.78 Å². The van der Waals surface area contributed by atoms with E-state index >= 15 is 0 Å². The molecule has 0 unspecified atom stereocenters. The van der Waals surface area contributed by atoms with Crippen LogP contribution in [0.15, 0.2) is 0 Å². The van der Waals surface area contributed by atoms with Crippen LogP contribution in [0.5, 0.6) is 0 Å². The van der Waals surface area contributed by atoms with Crippen molar-refractivity contribution in [3.63, 3.8) is 0 Å². The molecule has 2 heteroatoms. The largest absolute Gasteiger partial charge is 0.373 e. The van der Waals surface area contributed by atoms with Crippen LogP contribution in [0.2, 0.25) is 0 Å². The number of carbonyl (C=O) groups is 1. The molecule has 0 aliphatic heterocycles. The summed E-state index contributed by atoms with van der Waals surface area (Å²) in [5.74, 6) is 0.401. The summed E-state index contributed by atoms with van der Waals surface area (Å²) in [6, 6.07) is 0. The summed E-state index contributed by atoms with van der Waals surface area (Å²) in [6.45, 7) is 16.1. The maximum absolute atomic E-state index is 12.1. The van der Waals surface area contributed by atoms with Gasteiger partial charge in [0.15, 0.2) is 0 Å². The lowest BCUT2D eigenvalue weighted by molar-refractivity contribution is -0.137. The predicted octanol–water partition coefficient (Wildman–Crippen LogP) is 3.83. The lowest BCUT2D eigenvalue weighted by Gasteiger charge is -2.36. The molecule has 0 fully saturated rings. The first kappa shape index (κ1) is 15.6. The standard InChI is InChI=1S/C14H28O2/c1-10(2)12(15)13(5,6)9-14(7,8)16-11(3)4/h10-11H,9H2,1-8H3. The van der Waals surface area contributed by atoms with Gasteiger partial charge in [0, 0.05) is 11.3 Å². The van der Waals surface area contributed by atoms with E-state index in [1.165, 1.54) is 0 Å². The molecule has 0 aliphatic rings. The van der Waals surface area contributed by atoms with Crippen molar-refractivity contribution in [3.05, 3.63) is 0 Å². The number of hydrogen-bond acceptors (Lipinski definition) is 2. The fraction of sp³-hybridized carbons (Fsp3) is 0.929. The number of ketones is 1. The van der Waals surface area contributed by atoms with Crippen molar-refractivity contribution >= 4 is 5.78 Å². The van der Waals surface area contributed by atoms with Crippen molar-refractivity contribution in [3.8, 4) is 0 Å². The molecule has 0 aromatic heterocycles. The van der Waals surface area contributed by atoms with E-state index in [0.29, 0.717) is 5.78 Å². The van der Waals surface area contributed by atoms with Gasteiger partial charge in [-0.2, -0.15) is 0 Å². The first-order chi connectivity index (χ1) is 6.98. The van der Waals surface area contributed by atoms with Crippen LogP contribution in [0.3, 0.4) is 0 Å². The lowest BCUT2D eigenvalue weighted by atomic mass is 9.75. The molecule has 0 aromatic carbocycles. The van der Waals surface area contributed by atoms with Gasteiger partial charge in [-0.3, -0.25) is 4.79 Å². The second kappa shape index (κ2) is 5.31. The van der Waals surface area contributed by atoms with Gasteiger partial charge in [-0.05, 0) is 34.1 Å². The Hall–Kier alpha value is -0.370. The molecule has 96 valence electrons. The maximum Gasteiger partial charge on any atom is 0.141 e. The third kappa shape index (κ3) is 5.11. The van der Waals surface area contributed by atoms with Gasteiger partial charge in [-0.15, -0.1) is 0 Å². The Morgan fingerprint density at radius 2 is 1.50 bits per heavy atom. The Bertz CT molecular complexity index is 237. The van der Waals surface area contributed by atoms with E-state index in [2.05, 4.69) is 13.8 Å². The molecule has 0 aromatic rings. The van der Waals surface area contributed by atoms with Crippen molar-refractivity contribution in [2.45, 2.75) is 73.5 Å². The van der Waals surface area contributed by atoms with Crippen molar-refractivity contribution < 1.29 is 9.53 Å². The van der Waals surface area contributed by atoms with Gasteiger partial charge in [0.2, 0.25) is 0 Å². The molecule has 0 saturated heterocycles. The van der Waals surface area contributed by atoms with Crippen LogP contribution >= 0.6 is 0 Å². The van der Waals surface area contributed by atoms with Crippen LogP contribution in [0.4, 0.5) is 0 Å². The smallest absolute Gasteiger partial charge is 0.141 e. The topological polar surface area (TPSA) is 26.3 Å². The molecular formula is C14H28O2. The Morgan fingerprint density at radius 1 is 1.06 bits per heavy atom. The summed E-state index contributed by atoms with van der Waals surface area (Å²) in [5, 5.41) is 0. The summed E-state index contributed by atoms with van der Waals surface area (Å²) in [7, 11) is 0. The molecule has 2 nitrogen and oxygen atoms in total. The van der Waals surface area contributed by atoms with Gasteiger partial charge in [-0.1, -0.05) is 27.7 Å². The second-order valence-corrected chi connectivity index (χ2v) is 6.51. The van der Waals surface area contributed by atoms with Crippen LogP contribution in [0.25, 0.3) is 0 Å². The number of carbonyl (C=O) groups excluding carboxylic acids is 1. The summed E-state index contributed by atoms with van der Waals surface area (Å²) in [4.78, 5) is 12.1. The Kier molecular flexibility index (Phi) is 5.18. The highest BCUT2D eigenvalue weighted by molar-refractivity contribution is 5.85. The molecule has 0 bridgehead atoms. The number of hydrogen-bond donors (Lipinski definition) is 0. The third-order valence-corrected chi connectivity index (χ3v) is 2.61. The van der Waals surface area contributed by atoms with Crippen LogP contribution in [-0.4, -0.2) is 17.5 Å². The highest BCUT2D eigenvalue weighted by Crippen LogP contribution is 2.33. The fourth-order valence-electron chi connectivity index (χ4n) is 2.61. The molecular weight excluding hydrogens is 200 g/mol. The van der Waals surface area contributed by atoms with Gasteiger partial charge in [-0.25, -0.2) is 0 Å². The monoisotopic (exact) mass is 228 g/mol. The van der Waals surface area contributed by atoms with E-state index in [4.69, 9.17) is 4.74 Å². The molecule has 0 saturated carbocycles. The zero-order valence-corrected chi connectivity index (χ0v) is 12.2. The average Bonchev–Trinajstić information content (AvgIpc) is 1.97. The van der Waals surface area contributed by atoms with Crippen molar-refractivity contribution in [2.24, 2.45) is 11.3 Å². The SMILES string of the molecule is CC(C)OC(C)(C)CC(C)(C)C(=O)C(C)C. The van der Waals surface area contributed by atoms with E-state index in [1.807, 2.05) is 41.5 Å². The van der Waals surface area contributed by atoms with Gasteiger partial charge in [0.25, 0.3) is 0 Å².